The predicted octanol–water partition coefficient (Wildman–Crippen LogP) is 1.02. The Kier molecular flexibility index (Phi) is 3.28. The van der Waals surface area contributed by atoms with Gasteiger partial charge in [-0.25, -0.2) is 4.90 Å². The van der Waals surface area contributed by atoms with Gasteiger partial charge in [0, 0.05) is 15.6 Å². The van der Waals surface area contributed by atoms with Crippen LogP contribution < -0.4 is 10.0 Å². The Morgan fingerprint density at radius 2 is 1.68 bits per heavy atom. The minimum Gasteiger partial charge on any atom is -0.545 e. The van der Waals surface area contributed by atoms with Gasteiger partial charge in [-0.2, -0.15) is 0 Å². The number of hydrogen-bond acceptors (Lipinski definition) is 4. The van der Waals surface area contributed by atoms with Gasteiger partial charge >= 0.3 is 0 Å². The van der Waals surface area contributed by atoms with Crippen LogP contribution in [-0.4, -0.2) is 17.8 Å². The zero-order valence-electron chi connectivity index (χ0n) is 10.2. The summed E-state index contributed by atoms with van der Waals surface area (Å²) in [6.45, 7) is 3.16. The van der Waals surface area contributed by atoms with Crippen molar-refractivity contribution in [3.63, 3.8) is 0 Å². The van der Waals surface area contributed by atoms with Crippen LogP contribution in [0.1, 0.15) is 24.2 Å². The van der Waals surface area contributed by atoms with Crippen molar-refractivity contribution in [2.75, 3.05) is 4.90 Å². The van der Waals surface area contributed by atoms with Gasteiger partial charge in [-0.05, 0) is 47.5 Å². The van der Waals surface area contributed by atoms with Crippen molar-refractivity contribution in [2.24, 2.45) is 0 Å². The molecule has 0 aliphatic carbocycles. The van der Waals surface area contributed by atoms with Crippen LogP contribution in [-0.2, 0) is 9.59 Å². The third-order valence-corrected chi connectivity index (χ3v) is 3.67. The first kappa shape index (κ1) is 13.5. The van der Waals surface area contributed by atoms with Crippen LogP contribution in [0.25, 0.3) is 0 Å². The van der Waals surface area contributed by atoms with Crippen LogP contribution in [0, 0.1) is 0 Å². The lowest BCUT2D eigenvalue weighted by Gasteiger charge is -2.17. The number of imide groups is 1. The first-order valence-corrected chi connectivity index (χ1v) is 6.21. The molecule has 1 aromatic rings. The Labute approximate surface area is 117 Å². The number of carboxylic acid groups (broad SMARTS) is 1. The highest BCUT2D eigenvalue weighted by atomic mass is 79.9. The Hall–Kier alpha value is -1.95. The van der Waals surface area contributed by atoms with Gasteiger partial charge in [0.05, 0.1) is 11.7 Å². The van der Waals surface area contributed by atoms with E-state index in [2.05, 4.69) is 15.9 Å². The van der Waals surface area contributed by atoms with E-state index in [0.717, 1.165) is 4.90 Å². The molecule has 1 aliphatic rings. The number of hydrogen-bond donors (Lipinski definition) is 0. The van der Waals surface area contributed by atoms with Crippen molar-refractivity contribution in [3.05, 3.63) is 39.4 Å². The molecular weight excluding hydrogens is 314 g/mol. The van der Waals surface area contributed by atoms with E-state index in [-0.39, 0.29) is 5.56 Å². The largest absolute Gasteiger partial charge is 0.545 e. The molecule has 1 heterocycles. The fraction of sp³-hybridized carbons (Fsp3) is 0.154. The molecule has 0 unspecified atom stereocenters. The van der Waals surface area contributed by atoms with Crippen molar-refractivity contribution in [1.29, 1.82) is 0 Å². The SMILES string of the molecule is CC1=C(C)C(=O)N(c2ccc(C(=O)[O-])cc2Br)C1=O. The maximum atomic E-state index is 12.0. The molecule has 0 spiro atoms. The highest BCUT2D eigenvalue weighted by Gasteiger charge is 2.35. The van der Waals surface area contributed by atoms with E-state index in [1.807, 2.05) is 0 Å². The molecule has 1 aromatic carbocycles. The quantitative estimate of drug-likeness (QED) is 0.762. The Morgan fingerprint density at radius 3 is 2.11 bits per heavy atom. The van der Waals surface area contributed by atoms with Crippen LogP contribution in [0.5, 0.6) is 0 Å². The summed E-state index contributed by atoms with van der Waals surface area (Å²) in [6.07, 6.45) is 0. The van der Waals surface area contributed by atoms with Gasteiger partial charge in [0.15, 0.2) is 0 Å². The fourth-order valence-corrected chi connectivity index (χ4v) is 2.34. The first-order chi connectivity index (χ1) is 8.84. The second-order valence-electron chi connectivity index (χ2n) is 4.15. The molecular formula is C13H9BrNO4-. The van der Waals surface area contributed by atoms with E-state index >= 15 is 0 Å². The number of aromatic carboxylic acids is 1. The lowest BCUT2D eigenvalue weighted by atomic mass is 10.2. The fourth-order valence-electron chi connectivity index (χ4n) is 1.78. The average Bonchev–Trinajstić information content (AvgIpc) is 2.55. The molecule has 0 radical (unpaired) electrons. The highest BCUT2D eigenvalue weighted by molar-refractivity contribution is 9.10. The van der Waals surface area contributed by atoms with Crippen LogP contribution in [0.4, 0.5) is 5.69 Å². The lowest BCUT2D eigenvalue weighted by molar-refractivity contribution is -0.255. The highest BCUT2D eigenvalue weighted by Crippen LogP contribution is 2.33. The Morgan fingerprint density at radius 1 is 1.16 bits per heavy atom. The summed E-state index contributed by atoms with van der Waals surface area (Å²) in [5.74, 6) is -2.12. The number of halogens is 1. The molecule has 0 bridgehead atoms. The number of nitrogens with zero attached hydrogens (tertiary/aromatic N) is 1. The van der Waals surface area contributed by atoms with Crippen molar-refractivity contribution >= 4 is 39.4 Å². The van der Waals surface area contributed by atoms with E-state index in [4.69, 9.17) is 0 Å². The number of carbonyl (C=O) groups is 3. The van der Waals surface area contributed by atoms with E-state index in [1.165, 1.54) is 18.2 Å². The molecule has 0 N–H and O–H groups in total. The summed E-state index contributed by atoms with van der Waals surface area (Å²) in [5, 5.41) is 10.7. The molecule has 0 aromatic heterocycles. The molecule has 0 saturated heterocycles. The molecule has 5 nitrogen and oxygen atoms in total. The van der Waals surface area contributed by atoms with Crippen molar-refractivity contribution < 1.29 is 19.5 Å². The number of amides is 2. The van der Waals surface area contributed by atoms with Gasteiger partial charge < -0.3 is 9.90 Å². The zero-order chi connectivity index (χ0) is 14.3. The van der Waals surface area contributed by atoms with Gasteiger partial charge in [-0.15, -0.1) is 0 Å². The number of anilines is 1. The van der Waals surface area contributed by atoms with Crippen LogP contribution in [0.3, 0.4) is 0 Å². The molecule has 6 heteroatoms. The molecule has 0 saturated carbocycles. The number of rotatable bonds is 2. The van der Waals surface area contributed by atoms with Crippen molar-refractivity contribution in [1.82, 2.24) is 0 Å². The zero-order valence-corrected chi connectivity index (χ0v) is 11.8. The summed E-state index contributed by atoms with van der Waals surface area (Å²) < 4.78 is 0.346. The van der Waals surface area contributed by atoms with Crippen molar-refractivity contribution in [2.45, 2.75) is 13.8 Å². The van der Waals surface area contributed by atoms with E-state index in [1.54, 1.807) is 13.8 Å². The standard InChI is InChI=1S/C13H10BrNO4/c1-6-7(2)12(17)15(11(6)16)10-4-3-8(13(18)19)5-9(10)14/h3-5H,1-2H3,(H,18,19)/p-1. The molecule has 2 amide bonds. The van der Waals surface area contributed by atoms with Gasteiger partial charge in [-0.1, -0.05) is 6.07 Å². The summed E-state index contributed by atoms with van der Waals surface area (Å²) >= 11 is 3.16. The third kappa shape index (κ3) is 2.08. The van der Waals surface area contributed by atoms with Gasteiger partial charge in [0.25, 0.3) is 11.8 Å². The summed E-state index contributed by atoms with van der Waals surface area (Å²) in [5.41, 5.74) is 1.06. The molecule has 0 atom stereocenters. The molecule has 0 fully saturated rings. The number of carboxylic acids is 1. The van der Waals surface area contributed by atoms with Gasteiger partial charge in [0.2, 0.25) is 0 Å². The number of benzene rings is 1. The maximum absolute atomic E-state index is 12.0. The lowest BCUT2D eigenvalue weighted by Crippen LogP contribution is -2.31. The average molecular weight is 323 g/mol. The maximum Gasteiger partial charge on any atom is 0.261 e. The molecule has 19 heavy (non-hydrogen) atoms. The second-order valence-corrected chi connectivity index (χ2v) is 5.00. The van der Waals surface area contributed by atoms with Gasteiger partial charge in [-0.3, -0.25) is 9.59 Å². The summed E-state index contributed by atoms with van der Waals surface area (Å²) in [6, 6.07) is 3.99. The Balaban J connectivity index is 2.48. The third-order valence-electron chi connectivity index (χ3n) is 3.03. The first-order valence-electron chi connectivity index (χ1n) is 5.41. The van der Waals surface area contributed by atoms with Crippen LogP contribution in [0.15, 0.2) is 33.8 Å². The van der Waals surface area contributed by atoms with E-state index in [9.17, 15) is 19.5 Å². The normalized spacial score (nSPS) is 15.4. The monoisotopic (exact) mass is 322 g/mol. The van der Waals surface area contributed by atoms with Crippen molar-refractivity contribution in [3.8, 4) is 0 Å². The van der Waals surface area contributed by atoms with Crippen LogP contribution in [0.2, 0.25) is 0 Å². The topological polar surface area (TPSA) is 77.5 Å². The minimum absolute atomic E-state index is 0.0314. The second kappa shape index (κ2) is 4.62. The molecule has 98 valence electrons. The smallest absolute Gasteiger partial charge is 0.261 e. The Bertz CT molecular complexity index is 624. The van der Waals surface area contributed by atoms with Gasteiger partial charge in [0.1, 0.15) is 0 Å². The summed E-state index contributed by atoms with van der Waals surface area (Å²) in [4.78, 5) is 35.7. The minimum atomic E-state index is -1.32. The van der Waals surface area contributed by atoms with E-state index in [0.29, 0.717) is 21.3 Å². The molecule has 1 aliphatic heterocycles. The number of carbonyl (C=O) groups excluding carboxylic acids is 3. The molecule has 2 rings (SSSR count). The van der Waals surface area contributed by atoms with Crippen LogP contribution >= 0.6 is 15.9 Å². The predicted molar refractivity (Wildman–Crippen MR) is 69.3 cm³/mol. The summed E-state index contributed by atoms with van der Waals surface area (Å²) in [7, 11) is 0. The van der Waals surface area contributed by atoms with E-state index < -0.39 is 17.8 Å².